The lowest BCUT2D eigenvalue weighted by molar-refractivity contribution is -0.155. The molecule has 27 heavy (non-hydrogen) atoms. The quantitative estimate of drug-likeness (QED) is 0.714. The standard InChI is InChI=1S/C21H31NO5/c1-13(2)17-9-6-14(3)11-21(17,25)20(24)22-12-18(23)16-8-7-15(26-4)10-19(16)27-5/h7-8,10,13-14,17,25H,6,9,11-12H2,1-5H3,(H,22,24). The Hall–Kier alpha value is -2.08. The Bertz CT molecular complexity index is 687. The molecular weight excluding hydrogens is 346 g/mol. The second-order valence-electron chi connectivity index (χ2n) is 7.83. The molecule has 3 unspecified atom stereocenters. The second-order valence-corrected chi connectivity index (χ2v) is 7.83. The Morgan fingerprint density at radius 3 is 2.56 bits per heavy atom. The molecule has 6 nitrogen and oxygen atoms in total. The molecule has 1 amide bonds. The first-order valence-corrected chi connectivity index (χ1v) is 9.48. The average Bonchev–Trinajstić information content (AvgIpc) is 2.64. The third kappa shape index (κ3) is 4.61. The van der Waals surface area contributed by atoms with Crippen LogP contribution in [0.4, 0.5) is 0 Å². The van der Waals surface area contributed by atoms with Crippen molar-refractivity contribution in [1.29, 1.82) is 0 Å². The van der Waals surface area contributed by atoms with Crippen LogP contribution in [0, 0.1) is 17.8 Å². The topological polar surface area (TPSA) is 84.9 Å². The molecule has 1 fully saturated rings. The molecule has 0 radical (unpaired) electrons. The van der Waals surface area contributed by atoms with Crippen LogP contribution in [0.25, 0.3) is 0 Å². The minimum atomic E-state index is -1.43. The maximum absolute atomic E-state index is 12.8. The second kappa shape index (κ2) is 8.74. The van der Waals surface area contributed by atoms with Gasteiger partial charge in [-0.3, -0.25) is 9.59 Å². The summed E-state index contributed by atoms with van der Waals surface area (Å²) in [7, 11) is 3.01. The normalized spacial score (nSPS) is 25.1. The molecule has 2 rings (SSSR count). The van der Waals surface area contributed by atoms with Gasteiger partial charge in [-0.2, -0.15) is 0 Å². The van der Waals surface area contributed by atoms with Crippen LogP contribution in [-0.2, 0) is 4.79 Å². The van der Waals surface area contributed by atoms with Crippen molar-refractivity contribution in [1.82, 2.24) is 5.32 Å². The van der Waals surface area contributed by atoms with E-state index in [0.29, 0.717) is 23.5 Å². The molecule has 2 N–H and O–H groups in total. The first kappa shape index (κ1) is 21.2. The summed E-state index contributed by atoms with van der Waals surface area (Å²) in [6.07, 6.45) is 2.23. The van der Waals surface area contributed by atoms with Gasteiger partial charge in [0.15, 0.2) is 5.78 Å². The predicted molar refractivity (Wildman–Crippen MR) is 103 cm³/mol. The van der Waals surface area contributed by atoms with E-state index in [1.807, 2.05) is 20.8 Å². The van der Waals surface area contributed by atoms with E-state index in [9.17, 15) is 14.7 Å². The van der Waals surface area contributed by atoms with Crippen molar-refractivity contribution in [3.63, 3.8) is 0 Å². The first-order chi connectivity index (χ1) is 12.7. The predicted octanol–water partition coefficient (Wildman–Crippen LogP) is 2.83. The molecule has 3 atom stereocenters. The van der Waals surface area contributed by atoms with Crippen molar-refractivity contribution in [2.75, 3.05) is 20.8 Å². The van der Waals surface area contributed by atoms with Gasteiger partial charge >= 0.3 is 0 Å². The number of hydrogen-bond acceptors (Lipinski definition) is 5. The summed E-state index contributed by atoms with van der Waals surface area (Å²) in [5, 5.41) is 13.8. The SMILES string of the molecule is COc1ccc(C(=O)CNC(=O)C2(O)CC(C)CCC2C(C)C)c(OC)c1. The van der Waals surface area contributed by atoms with E-state index < -0.39 is 11.5 Å². The Morgan fingerprint density at radius 1 is 1.26 bits per heavy atom. The Balaban J connectivity index is 2.10. The van der Waals surface area contributed by atoms with Crippen molar-refractivity contribution in [2.45, 2.75) is 45.6 Å². The van der Waals surface area contributed by atoms with Crippen LogP contribution in [0.1, 0.15) is 50.4 Å². The molecule has 0 aromatic heterocycles. The number of hydrogen-bond donors (Lipinski definition) is 2. The Kier molecular flexibility index (Phi) is 6.87. The number of methoxy groups -OCH3 is 2. The third-order valence-corrected chi connectivity index (χ3v) is 5.56. The molecule has 1 aliphatic carbocycles. The van der Waals surface area contributed by atoms with Gasteiger partial charge in [0.25, 0.3) is 5.91 Å². The maximum Gasteiger partial charge on any atom is 0.252 e. The summed E-state index contributed by atoms with van der Waals surface area (Å²) >= 11 is 0. The van der Waals surface area contributed by atoms with E-state index in [2.05, 4.69) is 5.32 Å². The lowest BCUT2D eigenvalue weighted by atomic mass is 9.66. The van der Waals surface area contributed by atoms with Gasteiger partial charge in [-0.25, -0.2) is 0 Å². The van der Waals surface area contributed by atoms with Crippen molar-refractivity contribution < 1.29 is 24.2 Å². The van der Waals surface area contributed by atoms with Gasteiger partial charge in [0, 0.05) is 6.07 Å². The summed E-state index contributed by atoms with van der Waals surface area (Å²) in [4.78, 5) is 25.4. The number of Topliss-reactive ketones (excluding diaryl/α,β-unsaturated/α-hetero) is 1. The fraction of sp³-hybridized carbons (Fsp3) is 0.619. The zero-order valence-corrected chi connectivity index (χ0v) is 16.9. The fourth-order valence-corrected chi connectivity index (χ4v) is 4.07. The smallest absolute Gasteiger partial charge is 0.252 e. The lowest BCUT2D eigenvalue weighted by Crippen LogP contribution is -2.56. The first-order valence-electron chi connectivity index (χ1n) is 9.48. The monoisotopic (exact) mass is 377 g/mol. The molecule has 1 aromatic rings. The van der Waals surface area contributed by atoms with Crippen LogP contribution >= 0.6 is 0 Å². The zero-order valence-electron chi connectivity index (χ0n) is 16.9. The molecule has 0 saturated heterocycles. The molecule has 1 aromatic carbocycles. The molecule has 6 heteroatoms. The number of benzene rings is 1. The van der Waals surface area contributed by atoms with Gasteiger partial charge < -0.3 is 19.9 Å². The minimum Gasteiger partial charge on any atom is -0.497 e. The zero-order chi connectivity index (χ0) is 20.2. The molecule has 0 aliphatic heterocycles. The van der Waals surface area contributed by atoms with Gasteiger partial charge in [-0.05, 0) is 42.7 Å². The van der Waals surface area contributed by atoms with Gasteiger partial charge in [0.05, 0.1) is 26.3 Å². The summed E-state index contributed by atoms with van der Waals surface area (Å²) < 4.78 is 10.4. The number of rotatable bonds is 7. The molecule has 1 aliphatic rings. The Labute approximate surface area is 161 Å². The van der Waals surface area contributed by atoms with Crippen LogP contribution < -0.4 is 14.8 Å². The van der Waals surface area contributed by atoms with Crippen LogP contribution in [0.15, 0.2) is 18.2 Å². The number of carbonyl (C=O) groups is 2. The minimum absolute atomic E-state index is 0.112. The number of ketones is 1. The van der Waals surface area contributed by atoms with E-state index in [4.69, 9.17) is 9.47 Å². The maximum atomic E-state index is 12.8. The highest BCUT2D eigenvalue weighted by Gasteiger charge is 2.48. The highest BCUT2D eigenvalue weighted by molar-refractivity contribution is 6.02. The molecular formula is C21H31NO5. The number of aliphatic hydroxyl groups is 1. The van der Waals surface area contributed by atoms with E-state index in [1.165, 1.54) is 14.2 Å². The largest absolute Gasteiger partial charge is 0.497 e. The van der Waals surface area contributed by atoms with Crippen molar-refractivity contribution in [2.24, 2.45) is 17.8 Å². The number of amides is 1. The highest BCUT2D eigenvalue weighted by atomic mass is 16.5. The number of nitrogens with one attached hydrogen (secondary N) is 1. The average molecular weight is 377 g/mol. The molecule has 150 valence electrons. The van der Waals surface area contributed by atoms with Gasteiger partial charge in [0.1, 0.15) is 17.1 Å². The molecule has 1 saturated carbocycles. The lowest BCUT2D eigenvalue weighted by Gasteiger charge is -2.43. The summed E-state index contributed by atoms with van der Waals surface area (Å²) in [5.74, 6) is 0.569. The molecule has 0 heterocycles. The van der Waals surface area contributed by atoms with Crippen molar-refractivity contribution in [3.8, 4) is 11.5 Å². The van der Waals surface area contributed by atoms with Crippen LogP contribution in [0.5, 0.6) is 11.5 Å². The van der Waals surface area contributed by atoms with Crippen molar-refractivity contribution >= 4 is 11.7 Å². The van der Waals surface area contributed by atoms with Crippen molar-refractivity contribution in [3.05, 3.63) is 23.8 Å². The third-order valence-electron chi connectivity index (χ3n) is 5.56. The van der Waals surface area contributed by atoms with Gasteiger partial charge in [-0.15, -0.1) is 0 Å². The molecule has 0 spiro atoms. The van der Waals surface area contributed by atoms with Crippen LogP contribution in [-0.4, -0.2) is 43.2 Å². The van der Waals surface area contributed by atoms with E-state index >= 15 is 0 Å². The fourth-order valence-electron chi connectivity index (χ4n) is 4.07. The Morgan fingerprint density at radius 2 is 1.96 bits per heavy atom. The van der Waals surface area contributed by atoms with E-state index in [1.54, 1.807) is 18.2 Å². The number of ether oxygens (including phenoxy) is 2. The summed E-state index contributed by atoms with van der Waals surface area (Å²) in [6, 6.07) is 4.91. The summed E-state index contributed by atoms with van der Waals surface area (Å²) in [5.41, 5.74) is -1.07. The molecule has 0 bridgehead atoms. The van der Waals surface area contributed by atoms with E-state index in [0.717, 1.165) is 12.8 Å². The number of carbonyl (C=O) groups excluding carboxylic acids is 2. The van der Waals surface area contributed by atoms with Gasteiger partial charge in [-0.1, -0.05) is 27.2 Å². The van der Waals surface area contributed by atoms with Crippen LogP contribution in [0.2, 0.25) is 0 Å². The van der Waals surface area contributed by atoms with Crippen LogP contribution in [0.3, 0.4) is 0 Å². The van der Waals surface area contributed by atoms with E-state index in [-0.39, 0.29) is 30.1 Å². The highest BCUT2D eigenvalue weighted by Crippen LogP contribution is 2.41. The van der Waals surface area contributed by atoms with Gasteiger partial charge in [0.2, 0.25) is 0 Å². The summed E-state index contributed by atoms with van der Waals surface area (Å²) in [6.45, 7) is 5.89.